The van der Waals surface area contributed by atoms with Crippen LogP contribution in [0.2, 0.25) is 0 Å². The summed E-state index contributed by atoms with van der Waals surface area (Å²) >= 11 is 0. The number of rotatable bonds is 6. The quantitative estimate of drug-likeness (QED) is 0.480. The van der Waals surface area contributed by atoms with Gasteiger partial charge in [-0.2, -0.15) is 0 Å². The number of nitro groups is 2. The lowest BCUT2D eigenvalue weighted by atomic mass is 10.1. The van der Waals surface area contributed by atoms with Crippen molar-refractivity contribution in [2.24, 2.45) is 0 Å². The molecular formula is C16H15N3O6. The van der Waals surface area contributed by atoms with Crippen molar-refractivity contribution in [1.82, 2.24) is 0 Å². The molecule has 0 heterocycles. The molecule has 0 aliphatic heterocycles. The molecule has 1 N–H and O–H groups in total. The minimum atomic E-state index is -0.865. The van der Waals surface area contributed by atoms with Gasteiger partial charge in [-0.15, -0.1) is 0 Å². The van der Waals surface area contributed by atoms with E-state index >= 15 is 0 Å². The Morgan fingerprint density at radius 2 is 1.60 bits per heavy atom. The maximum Gasteiger partial charge on any atom is 0.338 e. The molecule has 0 saturated heterocycles. The van der Waals surface area contributed by atoms with Gasteiger partial charge in [0.1, 0.15) is 0 Å². The van der Waals surface area contributed by atoms with E-state index in [4.69, 9.17) is 4.74 Å². The maximum atomic E-state index is 11.8. The molecule has 130 valence electrons. The highest BCUT2D eigenvalue weighted by Gasteiger charge is 2.29. The van der Waals surface area contributed by atoms with Crippen LogP contribution in [0, 0.1) is 27.2 Å². The van der Waals surface area contributed by atoms with Crippen LogP contribution >= 0.6 is 0 Å². The largest absolute Gasteiger partial charge is 0.462 e. The van der Waals surface area contributed by atoms with Crippen molar-refractivity contribution in [1.29, 1.82) is 0 Å². The Bertz CT molecular complexity index is 797. The first-order valence-electron chi connectivity index (χ1n) is 7.31. The lowest BCUT2D eigenvalue weighted by molar-refractivity contribution is -0.392. The lowest BCUT2D eigenvalue weighted by Crippen LogP contribution is -2.08. The van der Waals surface area contributed by atoms with Gasteiger partial charge >= 0.3 is 17.3 Å². The van der Waals surface area contributed by atoms with Crippen LogP contribution in [0.15, 0.2) is 36.4 Å². The third kappa shape index (κ3) is 4.08. The number of nitrogens with zero attached hydrogens (tertiary/aromatic N) is 2. The van der Waals surface area contributed by atoms with Gasteiger partial charge in [0.25, 0.3) is 0 Å². The molecule has 0 amide bonds. The van der Waals surface area contributed by atoms with Gasteiger partial charge in [-0.25, -0.2) is 4.79 Å². The minimum absolute atomic E-state index is 0.0454. The Morgan fingerprint density at radius 1 is 1.08 bits per heavy atom. The standard InChI is InChI=1S/C16H15N3O6/c1-3-25-16(20)11-8-13(18(21)22)15(14(9-11)19(23)24)17-12-6-4-10(2)5-7-12/h4-9,17H,3H2,1-2H3. The Hall–Kier alpha value is -3.49. The monoisotopic (exact) mass is 345 g/mol. The molecule has 9 nitrogen and oxygen atoms in total. The van der Waals surface area contributed by atoms with Gasteiger partial charge in [0, 0.05) is 17.8 Å². The predicted octanol–water partition coefficient (Wildman–Crippen LogP) is 3.73. The second-order valence-electron chi connectivity index (χ2n) is 5.12. The lowest BCUT2D eigenvalue weighted by Gasteiger charge is -2.10. The summed E-state index contributed by atoms with van der Waals surface area (Å²) in [6, 6.07) is 8.72. The smallest absolute Gasteiger partial charge is 0.338 e. The number of nitrogens with one attached hydrogen (secondary N) is 1. The average Bonchev–Trinajstić information content (AvgIpc) is 2.56. The zero-order valence-electron chi connectivity index (χ0n) is 13.5. The average molecular weight is 345 g/mol. The van der Waals surface area contributed by atoms with E-state index in [0.29, 0.717) is 5.69 Å². The summed E-state index contributed by atoms with van der Waals surface area (Å²) in [5.41, 5.74) is -0.315. The number of hydrogen-bond donors (Lipinski definition) is 1. The second-order valence-corrected chi connectivity index (χ2v) is 5.12. The number of esters is 1. The molecule has 0 unspecified atom stereocenters. The summed E-state index contributed by atoms with van der Waals surface area (Å²) in [6.07, 6.45) is 0. The minimum Gasteiger partial charge on any atom is -0.462 e. The van der Waals surface area contributed by atoms with Crippen LogP contribution < -0.4 is 5.32 Å². The van der Waals surface area contributed by atoms with E-state index in [2.05, 4.69) is 5.32 Å². The molecule has 2 aromatic rings. The van der Waals surface area contributed by atoms with Gasteiger partial charge in [-0.05, 0) is 26.0 Å². The van der Waals surface area contributed by atoms with E-state index in [9.17, 15) is 25.0 Å². The number of hydrogen-bond acceptors (Lipinski definition) is 7. The molecule has 0 radical (unpaired) electrons. The number of benzene rings is 2. The third-order valence-electron chi connectivity index (χ3n) is 3.32. The SMILES string of the molecule is CCOC(=O)c1cc([N+](=O)[O-])c(Nc2ccc(C)cc2)c([N+](=O)[O-])c1. The van der Waals surface area contributed by atoms with Crippen LogP contribution in [0.25, 0.3) is 0 Å². The molecule has 0 aromatic heterocycles. The summed E-state index contributed by atoms with van der Waals surface area (Å²) in [6.45, 7) is 3.47. The highest BCUT2D eigenvalue weighted by molar-refractivity contribution is 5.94. The molecule has 0 spiro atoms. The molecular weight excluding hydrogens is 330 g/mol. The van der Waals surface area contributed by atoms with E-state index < -0.39 is 27.2 Å². The second kappa shape index (κ2) is 7.39. The summed E-state index contributed by atoms with van der Waals surface area (Å²) in [5.74, 6) is -0.865. The summed E-state index contributed by atoms with van der Waals surface area (Å²) in [4.78, 5) is 33.0. The van der Waals surface area contributed by atoms with Crippen molar-refractivity contribution in [2.75, 3.05) is 11.9 Å². The molecule has 0 atom stereocenters. The number of nitro benzene ring substituents is 2. The van der Waals surface area contributed by atoms with E-state index in [1.165, 1.54) is 0 Å². The molecule has 0 bridgehead atoms. The highest BCUT2D eigenvalue weighted by atomic mass is 16.6. The molecule has 2 aromatic carbocycles. The summed E-state index contributed by atoms with van der Waals surface area (Å²) in [7, 11) is 0. The molecule has 0 saturated carbocycles. The predicted molar refractivity (Wildman–Crippen MR) is 90.2 cm³/mol. The van der Waals surface area contributed by atoms with Crippen molar-refractivity contribution < 1.29 is 19.4 Å². The van der Waals surface area contributed by atoms with Crippen LogP contribution in [0.4, 0.5) is 22.7 Å². The van der Waals surface area contributed by atoms with Gasteiger partial charge < -0.3 is 10.1 Å². The van der Waals surface area contributed by atoms with Gasteiger partial charge in [0.2, 0.25) is 0 Å². The first-order chi connectivity index (χ1) is 11.8. The number of ether oxygens (including phenoxy) is 1. The van der Waals surface area contributed by atoms with Crippen LogP contribution in [0.5, 0.6) is 0 Å². The van der Waals surface area contributed by atoms with Gasteiger partial charge in [0.05, 0.1) is 22.0 Å². The Kier molecular flexibility index (Phi) is 5.28. The normalized spacial score (nSPS) is 10.2. The number of carbonyl (C=O) groups is 1. The number of anilines is 2. The molecule has 9 heteroatoms. The van der Waals surface area contributed by atoms with Crippen molar-refractivity contribution in [3.8, 4) is 0 Å². The van der Waals surface area contributed by atoms with E-state index in [1.807, 2.05) is 6.92 Å². The molecule has 0 aliphatic carbocycles. The highest BCUT2D eigenvalue weighted by Crippen LogP contribution is 2.38. The fourth-order valence-electron chi connectivity index (χ4n) is 2.14. The Balaban J connectivity index is 2.59. The van der Waals surface area contributed by atoms with E-state index in [0.717, 1.165) is 17.7 Å². The zero-order chi connectivity index (χ0) is 18.6. The Labute approximate surface area is 142 Å². The zero-order valence-corrected chi connectivity index (χ0v) is 13.5. The number of carbonyl (C=O) groups excluding carboxylic acids is 1. The third-order valence-corrected chi connectivity index (χ3v) is 3.32. The van der Waals surface area contributed by atoms with E-state index in [-0.39, 0.29) is 17.9 Å². The van der Waals surface area contributed by atoms with Gasteiger partial charge in [-0.1, -0.05) is 17.7 Å². The first-order valence-corrected chi connectivity index (χ1v) is 7.31. The van der Waals surface area contributed by atoms with Crippen LogP contribution in [0.1, 0.15) is 22.8 Å². The topological polar surface area (TPSA) is 125 Å². The van der Waals surface area contributed by atoms with Crippen LogP contribution in [-0.4, -0.2) is 22.4 Å². The summed E-state index contributed by atoms with van der Waals surface area (Å²) < 4.78 is 4.76. The van der Waals surface area contributed by atoms with Crippen LogP contribution in [0.3, 0.4) is 0 Å². The van der Waals surface area contributed by atoms with Crippen molar-refractivity contribution in [3.05, 3.63) is 67.8 Å². The Morgan fingerprint density at radius 3 is 2.04 bits per heavy atom. The maximum absolute atomic E-state index is 11.8. The first kappa shape index (κ1) is 17.9. The molecule has 0 fully saturated rings. The number of aryl methyl sites for hydroxylation is 1. The fraction of sp³-hybridized carbons (Fsp3) is 0.188. The van der Waals surface area contributed by atoms with Crippen molar-refractivity contribution >= 4 is 28.7 Å². The van der Waals surface area contributed by atoms with Gasteiger partial charge in [0.15, 0.2) is 5.69 Å². The van der Waals surface area contributed by atoms with Crippen molar-refractivity contribution in [2.45, 2.75) is 13.8 Å². The fourth-order valence-corrected chi connectivity index (χ4v) is 2.14. The van der Waals surface area contributed by atoms with Crippen molar-refractivity contribution in [3.63, 3.8) is 0 Å². The molecule has 2 rings (SSSR count). The summed E-state index contributed by atoms with van der Waals surface area (Å²) in [5, 5.41) is 25.4. The van der Waals surface area contributed by atoms with Gasteiger partial charge in [-0.3, -0.25) is 20.2 Å². The molecule has 0 aliphatic rings. The molecule has 25 heavy (non-hydrogen) atoms. The van der Waals surface area contributed by atoms with E-state index in [1.54, 1.807) is 31.2 Å². The van der Waals surface area contributed by atoms with Crippen LogP contribution in [-0.2, 0) is 4.74 Å².